The summed E-state index contributed by atoms with van der Waals surface area (Å²) in [5, 5.41) is 3.23. The first kappa shape index (κ1) is 15.8. The predicted octanol–water partition coefficient (Wildman–Crippen LogP) is 1.37. The van der Waals surface area contributed by atoms with Crippen molar-refractivity contribution in [1.82, 2.24) is 20.1 Å². The molecule has 1 aliphatic rings. The van der Waals surface area contributed by atoms with Crippen LogP contribution in [0.5, 0.6) is 0 Å². The number of rotatable bonds is 3. The van der Waals surface area contributed by atoms with Gasteiger partial charge in [0.15, 0.2) is 5.01 Å². The maximum atomic E-state index is 12.3. The summed E-state index contributed by atoms with van der Waals surface area (Å²) in [6, 6.07) is -0.0513. The molecule has 2 rings (SSSR count). The van der Waals surface area contributed by atoms with E-state index in [4.69, 9.17) is 0 Å². The summed E-state index contributed by atoms with van der Waals surface area (Å²) < 4.78 is 0. The molecule has 3 amide bonds. The number of carbonyl (C=O) groups excluding carboxylic acids is 2. The van der Waals surface area contributed by atoms with Gasteiger partial charge in [-0.15, -0.1) is 11.3 Å². The number of fused-ring (bicyclic) bond motifs is 1. The second-order valence-corrected chi connectivity index (χ2v) is 5.99. The normalized spacial score (nSPS) is 14.3. The Morgan fingerprint density at radius 2 is 1.95 bits per heavy atom. The Morgan fingerprint density at radius 3 is 2.57 bits per heavy atom. The van der Waals surface area contributed by atoms with E-state index in [1.807, 2.05) is 13.8 Å². The number of hydrogen-bond donors (Lipinski definition) is 1. The fourth-order valence-corrected chi connectivity index (χ4v) is 3.53. The quantitative estimate of drug-likeness (QED) is 0.917. The lowest BCUT2D eigenvalue weighted by molar-refractivity contribution is 0.0772. The largest absolute Gasteiger partial charge is 0.341 e. The van der Waals surface area contributed by atoms with Crippen LogP contribution in [0, 0.1) is 0 Å². The first-order valence-corrected chi connectivity index (χ1v) is 8.16. The van der Waals surface area contributed by atoms with Gasteiger partial charge in [-0.2, -0.15) is 0 Å². The highest BCUT2D eigenvalue weighted by molar-refractivity contribution is 7.13. The zero-order chi connectivity index (χ0) is 15.4. The van der Waals surface area contributed by atoms with Crippen LogP contribution in [0.2, 0.25) is 0 Å². The number of nitrogens with zero attached hydrogens (tertiary/aromatic N) is 3. The Morgan fingerprint density at radius 1 is 1.29 bits per heavy atom. The molecule has 0 unspecified atom stereocenters. The molecule has 1 aromatic heterocycles. The van der Waals surface area contributed by atoms with Crippen LogP contribution in [0.1, 0.15) is 34.2 Å². The zero-order valence-electron chi connectivity index (χ0n) is 12.8. The average molecular weight is 310 g/mol. The van der Waals surface area contributed by atoms with Gasteiger partial charge in [-0.25, -0.2) is 9.78 Å². The molecule has 6 nitrogen and oxygen atoms in total. The van der Waals surface area contributed by atoms with Crippen LogP contribution in [0.3, 0.4) is 0 Å². The van der Waals surface area contributed by atoms with Crippen LogP contribution in [0.25, 0.3) is 0 Å². The van der Waals surface area contributed by atoms with Gasteiger partial charge >= 0.3 is 6.03 Å². The lowest BCUT2D eigenvalue weighted by Crippen LogP contribution is -2.39. The molecular formula is C14H22N4O2S. The molecule has 0 saturated heterocycles. The number of carbonyl (C=O) groups is 2. The Balaban J connectivity index is 2.11. The Bertz CT molecular complexity index is 500. The van der Waals surface area contributed by atoms with Gasteiger partial charge in [-0.3, -0.25) is 4.79 Å². The molecule has 0 radical (unpaired) electrons. The molecule has 0 fully saturated rings. The molecule has 0 spiro atoms. The summed E-state index contributed by atoms with van der Waals surface area (Å²) in [7, 11) is 1.64. The van der Waals surface area contributed by atoms with Crippen LogP contribution < -0.4 is 5.32 Å². The SMILES string of the molecule is CCN(CC)C(=O)c1nc2c(s1)CCN(C(=O)NC)CC2. The van der Waals surface area contributed by atoms with Crippen molar-refractivity contribution in [2.45, 2.75) is 26.7 Å². The molecule has 21 heavy (non-hydrogen) atoms. The van der Waals surface area contributed by atoms with E-state index >= 15 is 0 Å². The number of amides is 3. The van der Waals surface area contributed by atoms with Gasteiger partial charge in [0.25, 0.3) is 5.91 Å². The van der Waals surface area contributed by atoms with Gasteiger partial charge in [0.1, 0.15) is 0 Å². The van der Waals surface area contributed by atoms with E-state index in [-0.39, 0.29) is 11.9 Å². The molecule has 1 aromatic rings. The molecule has 2 heterocycles. The minimum atomic E-state index is -0.0513. The van der Waals surface area contributed by atoms with E-state index < -0.39 is 0 Å². The molecule has 0 aromatic carbocycles. The lowest BCUT2D eigenvalue weighted by atomic mass is 10.2. The third kappa shape index (κ3) is 3.34. The first-order chi connectivity index (χ1) is 10.1. The summed E-state index contributed by atoms with van der Waals surface area (Å²) in [6.07, 6.45) is 1.48. The first-order valence-electron chi connectivity index (χ1n) is 7.35. The molecule has 0 bridgehead atoms. The summed E-state index contributed by atoms with van der Waals surface area (Å²) in [5.74, 6) is 0.0150. The molecule has 0 saturated carbocycles. The fraction of sp³-hybridized carbons (Fsp3) is 0.643. The van der Waals surface area contributed by atoms with Gasteiger partial charge < -0.3 is 15.1 Å². The highest BCUT2D eigenvalue weighted by atomic mass is 32.1. The van der Waals surface area contributed by atoms with Gasteiger partial charge in [0.05, 0.1) is 5.69 Å². The van der Waals surface area contributed by atoms with E-state index in [1.54, 1.807) is 16.8 Å². The second kappa shape index (κ2) is 6.89. The van der Waals surface area contributed by atoms with Crippen molar-refractivity contribution in [2.24, 2.45) is 0 Å². The summed E-state index contributed by atoms with van der Waals surface area (Å²) in [6.45, 7) is 6.67. The Kier molecular flexibility index (Phi) is 5.17. The van der Waals surface area contributed by atoms with Crippen LogP contribution in [-0.4, -0.2) is 59.9 Å². The zero-order valence-corrected chi connectivity index (χ0v) is 13.6. The van der Waals surface area contributed by atoms with Crippen molar-refractivity contribution < 1.29 is 9.59 Å². The van der Waals surface area contributed by atoms with Crippen molar-refractivity contribution in [1.29, 1.82) is 0 Å². The van der Waals surface area contributed by atoms with Crippen LogP contribution in [-0.2, 0) is 12.8 Å². The number of thiazole rings is 1. The number of aromatic nitrogens is 1. The molecule has 116 valence electrons. The Labute approximate surface area is 129 Å². The topological polar surface area (TPSA) is 65.5 Å². The van der Waals surface area contributed by atoms with Crippen molar-refractivity contribution in [3.05, 3.63) is 15.6 Å². The van der Waals surface area contributed by atoms with Crippen molar-refractivity contribution in [3.63, 3.8) is 0 Å². The maximum Gasteiger partial charge on any atom is 0.317 e. The van der Waals surface area contributed by atoms with Crippen LogP contribution in [0.15, 0.2) is 0 Å². The van der Waals surface area contributed by atoms with Gasteiger partial charge in [0.2, 0.25) is 0 Å². The standard InChI is InChI=1S/C14H22N4O2S/c1-4-17(5-2)13(19)12-16-10-6-8-18(14(20)15-3)9-7-11(10)21-12/h4-9H2,1-3H3,(H,15,20). The summed E-state index contributed by atoms with van der Waals surface area (Å²) in [5.41, 5.74) is 0.974. The molecular weight excluding hydrogens is 288 g/mol. The van der Waals surface area contributed by atoms with Gasteiger partial charge in [-0.05, 0) is 13.8 Å². The summed E-state index contributed by atoms with van der Waals surface area (Å²) in [4.78, 5) is 33.2. The van der Waals surface area contributed by atoms with E-state index in [0.717, 1.165) is 17.0 Å². The smallest absolute Gasteiger partial charge is 0.317 e. The molecule has 7 heteroatoms. The third-order valence-electron chi connectivity index (χ3n) is 3.74. The highest BCUT2D eigenvalue weighted by Gasteiger charge is 2.24. The lowest BCUT2D eigenvalue weighted by Gasteiger charge is -2.19. The van der Waals surface area contributed by atoms with Gasteiger partial charge in [0, 0.05) is 50.9 Å². The molecule has 0 atom stereocenters. The van der Waals surface area contributed by atoms with Crippen molar-refractivity contribution >= 4 is 23.3 Å². The average Bonchev–Trinajstić information content (AvgIpc) is 2.81. The molecule has 1 aliphatic heterocycles. The monoisotopic (exact) mass is 310 g/mol. The fourth-order valence-electron chi connectivity index (χ4n) is 2.46. The van der Waals surface area contributed by atoms with E-state index in [1.165, 1.54) is 11.3 Å². The second-order valence-electron chi connectivity index (χ2n) is 4.91. The van der Waals surface area contributed by atoms with Gasteiger partial charge in [-0.1, -0.05) is 0 Å². The van der Waals surface area contributed by atoms with E-state index in [9.17, 15) is 9.59 Å². The predicted molar refractivity (Wildman–Crippen MR) is 82.8 cm³/mol. The highest BCUT2D eigenvalue weighted by Crippen LogP contribution is 2.24. The maximum absolute atomic E-state index is 12.3. The Hall–Kier alpha value is -1.63. The van der Waals surface area contributed by atoms with Crippen molar-refractivity contribution in [2.75, 3.05) is 33.2 Å². The van der Waals surface area contributed by atoms with Crippen LogP contribution in [0.4, 0.5) is 4.79 Å². The third-order valence-corrected chi connectivity index (χ3v) is 4.89. The number of urea groups is 1. The minimum Gasteiger partial charge on any atom is -0.341 e. The number of nitrogens with one attached hydrogen (secondary N) is 1. The number of hydrogen-bond acceptors (Lipinski definition) is 4. The van der Waals surface area contributed by atoms with E-state index in [2.05, 4.69) is 10.3 Å². The molecule has 1 N–H and O–H groups in total. The minimum absolute atomic E-state index is 0.0150. The van der Waals surface area contributed by atoms with Crippen LogP contribution >= 0.6 is 11.3 Å². The van der Waals surface area contributed by atoms with Crippen molar-refractivity contribution in [3.8, 4) is 0 Å². The molecule has 0 aliphatic carbocycles. The van der Waals surface area contributed by atoms with E-state index in [0.29, 0.717) is 37.6 Å². The summed E-state index contributed by atoms with van der Waals surface area (Å²) >= 11 is 1.48.